The van der Waals surface area contributed by atoms with E-state index in [2.05, 4.69) is 5.32 Å². The van der Waals surface area contributed by atoms with Gasteiger partial charge in [-0.25, -0.2) is 4.79 Å². The van der Waals surface area contributed by atoms with Gasteiger partial charge in [-0.3, -0.25) is 4.79 Å². The Morgan fingerprint density at radius 1 is 1.08 bits per heavy atom. The topological polar surface area (TPSA) is 55.4 Å². The molecular weight excluding hydrogens is 302 g/mol. The van der Waals surface area contributed by atoms with Gasteiger partial charge in [0.2, 0.25) is 0 Å². The molecule has 0 saturated heterocycles. The zero-order valence-corrected chi connectivity index (χ0v) is 14.7. The third-order valence-electron chi connectivity index (χ3n) is 4.58. The maximum absolute atomic E-state index is 12.7. The molecular formula is C20H29NO3. The van der Waals surface area contributed by atoms with Gasteiger partial charge in [0, 0.05) is 5.56 Å². The average Bonchev–Trinajstić information content (AvgIpc) is 2.59. The van der Waals surface area contributed by atoms with E-state index in [1.54, 1.807) is 6.92 Å². The minimum absolute atomic E-state index is 0.166. The molecule has 1 atom stereocenters. The maximum atomic E-state index is 12.7. The predicted molar refractivity (Wildman–Crippen MR) is 95.0 cm³/mol. The van der Waals surface area contributed by atoms with Crippen molar-refractivity contribution in [2.75, 3.05) is 6.61 Å². The smallest absolute Gasteiger partial charge is 0.328 e. The lowest BCUT2D eigenvalue weighted by molar-refractivity contribution is -0.145. The van der Waals surface area contributed by atoms with Gasteiger partial charge in [0.1, 0.15) is 6.04 Å². The number of nitrogens with one attached hydrogen (secondary N) is 1. The van der Waals surface area contributed by atoms with Crippen LogP contribution in [-0.4, -0.2) is 24.5 Å². The number of benzene rings is 1. The Labute approximate surface area is 145 Å². The highest BCUT2D eigenvalue weighted by Gasteiger charge is 2.23. The predicted octanol–water partition coefficient (Wildman–Crippen LogP) is 4.03. The van der Waals surface area contributed by atoms with Crippen LogP contribution in [0.1, 0.15) is 74.2 Å². The molecule has 0 saturated carbocycles. The molecule has 132 valence electrons. The Morgan fingerprint density at radius 3 is 2.50 bits per heavy atom. The zero-order chi connectivity index (χ0) is 17.2. The van der Waals surface area contributed by atoms with Crippen molar-refractivity contribution in [1.29, 1.82) is 0 Å². The third kappa shape index (κ3) is 5.66. The quantitative estimate of drug-likeness (QED) is 0.833. The first-order valence-electron chi connectivity index (χ1n) is 9.27. The van der Waals surface area contributed by atoms with Crippen LogP contribution in [0.4, 0.5) is 0 Å². The average molecular weight is 331 g/mol. The maximum Gasteiger partial charge on any atom is 0.328 e. The first-order chi connectivity index (χ1) is 11.7. The molecule has 0 spiro atoms. The molecule has 0 aromatic heterocycles. The van der Waals surface area contributed by atoms with E-state index in [9.17, 15) is 9.59 Å². The van der Waals surface area contributed by atoms with Gasteiger partial charge in [0.15, 0.2) is 0 Å². The van der Waals surface area contributed by atoms with Crippen LogP contribution in [-0.2, 0) is 16.0 Å². The first-order valence-corrected chi connectivity index (χ1v) is 9.27. The summed E-state index contributed by atoms with van der Waals surface area (Å²) in [6.07, 6.45) is 9.59. The SMILES string of the molecule is CCOC(=O)[C@@H]1CCCCCCCCCc2ccccc2C(=O)N1. The second kappa shape index (κ2) is 10.1. The van der Waals surface area contributed by atoms with Gasteiger partial charge in [-0.1, -0.05) is 56.7 Å². The van der Waals surface area contributed by atoms with Crippen LogP contribution in [0.2, 0.25) is 0 Å². The van der Waals surface area contributed by atoms with Crippen LogP contribution in [0, 0.1) is 0 Å². The van der Waals surface area contributed by atoms with E-state index in [1.165, 1.54) is 25.7 Å². The molecule has 0 fully saturated rings. The Bertz CT molecular complexity index is 541. The number of aryl methyl sites for hydroxylation is 1. The van der Waals surface area contributed by atoms with Crippen molar-refractivity contribution in [2.45, 2.75) is 70.8 Å². The largest absolute Gasteiger partial charge is 0.464 e. The molecule has 0 unspecified atom stereocenters. The molecule has 2 rings (SSSR count). The summed E-state index contributed by atoms with van der Waals surface area (Å²) in [4.78, 5) is 24.8. The molecule has 0 bridgehead atoms. The van der Waals surface area contributed by atoms with Crippen LogP contribution in [0.5, 0.6) is 0 Å². The van der Waals surface area contributed by atoms with Crippen molar-refractivity contribution in [3.05, 3.63) is 35.4 Å². The Balaban J connectivity index is 2.15. The van der Waals surface area contributed by atoms with Crippen molar-refractivity contribution in [2.24, 2.45) is 0 Å². The van der Waals surface area contributed by atoms with Crippen LogP contribution < -0.4 is 5.32 Å². The van der Waals surface area contributed by atoms with Gasteiger partial charge in [-0.15, -0.1) is 0 Å². The third-order valence-corrected chi connectivity index (χ3v) is 4.58. The molecule has 1 amide bonds. The van der Waals surface area contributed by atoms with Gasteiger partial charge < -0.3 is 10.1 Å². The van der Waals surface area contributed by atoms with Gasteiger partial charge in [0.25, 0.3) is 5.91 Å². The lowest BCUT2D eigenvalue weighted by atomic mass is 9.98. The van der Waals surface area contributed by atoms with Crippen molar-refractivity contribution in [3.63, 3.8) is 0 Å². The minimum atomic E-state index is -0.548. The summed E-state index contributed by atoms with van der Waals surface area (Å²) < 4.78 is 5.13. The molecule has 1 aliphatic heterocycles. The monoisotopic (exact) mass is 331 g/mol. The molecule has 4 nitrogen and oxygen atoms in total. The van der Waals surface area contributed by atoms with Gasteiger partial charge >= 0.3 is 5.97 Å². The highest BCUT2D eigenvalue weighted by Crippen LogP contribution is 2.17. The number of carbonyl (C=O) groups excluding carboxylic acids is 2. The number of amides is 1. The van der Waals surface area contributed by atoms with E-state index < -0.39 is 6.04 Å². The number of esters is 1. The van der Waals surface area contributed by atoms with Gasteiger partial charge in [-0.2, -0.15) is 0 Å². The zero-order valence-electron chi connectivity index (χ0n) is 14.7. The molecule has 1 aromatic rings. The molecule has 24 heavy (non-hydrogen) atoms. The fourth-order valence-electron chi connectivity index (χ4n) is 3.24. The summed E-state index contributed by atoms with van der Waals surface area (Å²) in [5.74, 6) is -0.490. The minimum Gasteiger partial charge on any atom is -0.464 e. The molecule has 0 aliphatic carbocycles. The summed E-state index contributed by atoms with van der Waals surface area (Å²) in [7, 11) is 0. The number of hydrogen-bond acceptors (Lipinski definition) is 3. The van der Waals surface area contributed by atoms with E-state index in [0.29, 0.717) is 18.6 Å². The highest BCUT2D eigenvalue weighted by atomic mass is 16.5. The van der Waals surface area contributed by atoms with Gasteiger partial charge in [0.05, 0.1) is 6.61 Å². The van der Waals surface area contributed by atoms with Crippen LogP contribution in [0.15, 0.2) is 24.3 Å². The summed E-state index contributed by atoms with van der Waals surface area (Å²) in [6, 6.07) is 7.16. The summed E-state index contributed by atoms with van der Waals surface area (Å²) in [6.45, 7) is 2.12. The van der Waals surface area contributed by atoms with Crippen LogP contribution >= 0.6 is 0 Å². The van der Waals surface area contributed by atoms with Crippen molar-refractivity contribution < 1.29 is 14.3 Å². The number of ether oxygens (including phenoxy) is 1. The number of carbonyl (C=O) groups is 2. The van der Waals surface area contributed by atoms with E-state index in [1.807, 2.05) is 24.3 Å². The highest BCUT2D eigenvalue weighted by molar-refractivity contribution is 5.98. The molecule has 0 radical (unpaired) electrons. The Morgan fingerprint density at radius 2 is 1.75 bits per heavy atom. The molecule has 1 aromatic carbocycles. The van der Waals surface area contributed by atoms with E-state index in [4.69, 9.17) is 4.74 Å². The number of hydrogen-bond donors (Lipinski definition) is 1. The van der Waals surface area contributed by atoms with Crippen molar-refractivity contribution in [3.8, 4) is 0 Å². The van der Waals surface area contributed by atoms with E-state index in [0.717, 1.165) is 31.2 Å². The lowest BCUT2D eigenvalue weighted by Crippen LogP contribution is -2.42. The second-order valence-corrected chi connectivity index (χ2v) is 6.45. The fraction of sp³-hybridized carbons (Fsp3) is 0.600. The van der Waals surface area contributed by atoms with Gasteiger partial charge in [-0.05, 0) is 37.8 Å². The summed E-state index contributed by atoms with van der Waals surface area (Å²) >= 11 is 0. The number of rotatable bonds is 2. The van der Waals surface area contributed by atoms with Crippen molar-refractivity contribution >= 4 is 11.9 Å². The normalized spacial score (nSPS) is 20.4. The first kappa shape index (κ1) is 18.5. The summed E-state index contributed by atoms with van der Waals surface area (Å²) in [5.41, 5.74) is 1.75. The molecule has 1 N–H and O–H groups in total. The Kier molecular flexibility index (Phi) is 7.80. The standard InChI is InChI=1S/C20H29NO3/c1-2-24-20(23)18-15-9-7-5-3-4-6-8-12-16-13-10-11-14-17(16)19(22)21-18/h10-11,13-14,18H,2-9,12,15H2,1H3,(H,21,22)/t18-/m0/s1. The lowest BCUT2D eigenvalue weighted by Gasteiger charge is -2.19. The Hall–Kier alpha value is -1.84. The van der Waals surface area contributed by atoms with E-state index >= 15 is 0 Å². The van der Waals surface area contributed by atoms with Crippen LogP contribution in [0.3, 0.4) is 0 Å². The summed E-state index contributed by atoms with van der Waals surface area (Å²) in [5, 5.41) is 2.90. The number of fused-ring (bicyclic) bond motifs is 1. The molecule has 1 heterocycles. The fourth-order valence-corrected chi connectivity index (χ4v) is 3.24. The molecule has 1 aliphatic rings. The molecule has 4 heteroatoms. The van der Waals surface area contributed by atoms with Crippen molar-refractivity contribution in [1.82, 2.24) is 5.32 Å². The second-order valence-electron chi connectivity index (χ2n) is 6.45. The van der Waals surface area contributed by atoms with Crippen LogP contribution in [0.25, 0.3) is 0 Å². The van der Waals surface area contributed by atoms with E-state index in [-0.39, 0.29) is 11.9 Å².